The molecule has 1 N–H and O–H groups in total. The number of halogens is 1. The Hall–Kier alpha value is -1.23. The zero-order chi connectivity index (χ0) is 12.8. The van der Waals surface area contributed by atoms with Crippen LogP contribution in [0.15, 0.2) is 24.7 Å². The maximum absolute atomic E-state index is 10.5. The summed E-state index contributed by atoms with van der Waals surface area (Å²) in [6.07, 6.45) is 2.45. The first kappa shape index (κ1) is 11.8. The van der Waals surface area contributed by atoms with E-state index in [4.69, 9.17) is 25.8 Å². The molecule has 1 aromatic rings. The van der Waals surface area contributed by atoms with E-state index in [2.05, 4.69) is 0 Å². The van der Waals surface area contributed by atoms with E-state index in [1.165, 1.54) is 12.5 Å². The number of hydrogen-bond acceptors (Lipinski definition) is 4. The molecule has 0 unspecified atom stereocenters. The lowest BCUT2D eigenvalue weighted by molar-refractivity contribution is -0.186. The van der Waals surface area contributed by atoms with Crippen LogP contribution >= 0.6 is 11.6 Å². The van der Waals surface area contributed by atoms with Crippen molar-refractivity contribution in [2.24, 2.45) is 0 Å². The van der Waals surface area contributed by atoms with Crippen LogP contribution in [0.25, 0.3) is 0 Å². The van der Waals surface area contributed by atoms with Gasteiger partial charge in [-0.3, -0.25) is 0 Å². The minimum atomic E-state index is -1.000. The Balaban J connectivity index is 2.10. The number of benzene rings is 1. The molecule has 96 valence electrons. The third kappa shape index (κ3) is 1.77. The van der Waals surface area contributed by atoms with Crippen molar-refractivity contribution in [1.29, 1.82) is 0 Å². The van der Waals surface area contributed by atoms with Crippen molar-refractivity contribution in [3.05, 3.63) is 46.4 Å². The quantitative estimate of drug-likeness (QED) is 0.895. The molecule has 2 heterocycles. The van der Waals surface area contributed by atoms with Gasteiger partial charge in [-0.25, -0.2) is 0 Å². The number of aliphatic hydroxyl groups is 1. The molecule has 1 fully saturated rings. The molecule has 2 aliphatic rings. The number of rotatable bonds is 2. The Labute approximate surface area is 110 Å². The topological polar surface area (TPSA) is 47.9 Å². The van der Waals surface area contributed by atoms with Crippen molar-refractivity contribution in [1.82, 2.24) is 0 Å². The van der Waals surface area contributed by atoms with Crippen LogP contribution in [0.1, 0.15) is 23.0 Å². The molecule has 1 aromatic carbocycles. The van der Waals surface area contributed by atoms with Crippen molar-refractivity contribution in [3.63, 3.8) is 0 Å². The second kappa shape index (κ2) is 4.16. The Kier molecular flexibility index (Phi) is 2.73. The maximum Gasteiger partial charge on any atom is 0.266 e. The van der Waals surface area contributed by atoms with Gasteiger partial charge in [0.25, 0.3) is 6.29 Å². The highest BCUT2D eigenvalue weighted by atomic mass is 35.5. The van der Waals surface area contributed by atoms with E-state index < -0.39 is 11.9 Å². The minimum absolute atomic E-state index is 0.264. The fraction of sp³-hybridized carbons (Fsp3) is 0.385. The minimum Gasteiger partial charge on any atom is -0.455 e. The average Bonchev–Trinajstić information content (AvgIpc) is 2.78. The molecule has 0 bridgehead atoms. The van der Waals surface area contributed by atoms with Crippen molar-refractivity contribution in [2.75, 3.05) is 13.2 Å². The summed E-state index contributed by atoms with van der Waals surface area (Å²) in [6, 6.07) is 3.58. The van der Waals surface area contributed by atoms with Crippen molar-refractivity contribution < 1.29 is 19.3 Å². The van der Waals surface area contributed by atoms with Crippen molar-refractivity contribution >= 4 is 11.6 Å². The van der Waals surface area contributed by atoms with Crippen LogP contribution in [0.3, 0.4) is 0 Å². The molecule has 0 saturated carbocycles. The van der Waals surface area contributed by atoms with Gasteiger partial charge in [0.15, 0.2) is 0 Å². The first-order chi connectivity index (χ1) is 8.60. The Morgan fingerprint density at radius 1 is 1.28 bits per heavy atom. The maximum atomic E-state index is 10.5. The fourth-order valence-electron chi connectivity index (χ4n) is 2.28. The highest BCUT2D eigenvalue weighted by molar-refractivity contribution is 6.30. The highest BCUT2D eigenvalue weighted by Gasteiger charge is 2.42. The zero-order valence-corrected chi connectivity index (χ0v) is 10.6. The van der Waals surface area contributed by atoms with Gasteiger partial charge in [0.2, 0.25) is 0 Å². The monoisotopic (exact) mass is 268 g/mol. The predicted molar refractivity (Wildman–Crippen MR) is 65.0 cm³/mol. The highest BCUT2D eigenvalue weighted by Crippen LogP contribution is 2.40. The summed E-state index contributed by atoms with van der Waals surface area (Å²) in [5.41, 5.74) is 1.45. The van der Waals surface area contributed by atoms with E-state index in [1.54, 1.807) is 6.07 Å². The van der Waals surface area contributed by atoms with Gasteiger partial charge in [-0.05, 0) is 24.6 Å². The lowest BCUT2D eigenvalue weighted by Gasteiger charge is -2.39. The molecule has 3 rings (SSSR count). The summed E-state index contributed by atoms with van der Waals surface area (Å²) in [4.78, 5) is 0. The summed E-state index contributed by atoms with van der Waals surface area (Å²) in [5.74, 6) is 0. The lowest BCUT2D eigenvalue weighted by atomic mass is 9.86. The van der Waals surface area contributed by atoms with Gasteiger partial charge in [0.1, 0.15) is 18.1 Å². The second-order valence-electron chi connectivity index (χ2n) is 4.58. The van der Waals surface area contributed by atoms with Crippen LogP contribution in [0.4, 0.5) is 0 Å². The zero-order valence-electron chi connectivity index (χ0n) is 9.85. The molecule has 18 heavy (non-hydrogen) atoms. The van der Waals surface area contributed by atoms with E-state index in [0.29, 0.717) is 10.6 Å². The van der Waals surface area contributed by atoms with Gasteiger partial charge in [-0.1, -0.05) is 11.6 Å². The summed E-state index contributed by atoms with van der Waals surface area (Å²) in [5, 5.41) is 11.0. The molecular formula is C13H13ClO4. The summed E-state index contributed by atoms with van der Waals surface area (Å²) >= 11 is 6.07. The van der Waals surface area contributed by atoms with Crippen LogP contribution in [0.5, 0.6) is 0 Å². The van der Waals surface area contributed by atoms with Gasteiger partial charge in [0.05, 0.1) is 13.2 Å². The van der Waals surface area contributed by atoms with Crippen LogP contribution in [0.2, 0.25) is 5.02 Å². The Morgan fingerprint density at radius 3 is 2.50 bits per heavy atom. The number of hydrogen-bond donors (Lipinski definition) is 1. The first-order valence-electron chi connectivity index (χ1n) is 5.67. The number of aryl methyl sites for hydroxylation is 1. The lowest BCUT2D eigenvalue weighted by Crippen LogP contribution is -2.47. The summed E-state index contributed by atoms with van der Waals surface area (Å²) < 4.78 is 15.8. The molecule has 2 aliphatic heterocycles. The van der Waals surface area contributed by atoms with Gasteiger partial charge in [-0.2, -0.15) is 0 Å². The normalized spacial score (nSPS) is 21.3. The van der Waals surface area contributed by atoms with Crippen molar-refractivity contribution in [2.45, 2.75) is 18.8 Å². The predicted octanol–water partition coefficient (Wildman–Crippen LogP) is 2.38. The van der Waals surface area contributed by atoms with Crippen molar-refractivity contribution in [3.8, 4) is 0 Å². The van der Waals surface area contributed by atoms with E-state index >= 15 is 0 Å². The van der Waals surface area contributed by atoms with Crippen LogP contribution in [-0.2, 0) is 19.8 Å². The number of ether oxygens (including phenoxy) is 3. The third-order valence-corrected chi connectivity index (χ3v) is 3.45. The molecule has 5 heteroatoms. The molecular weight excluding hydrogens is 256 g/mol. The third-order valence-electron chi connectivity index (χ3n) is 3.23. The molecule has 0 aliphatic carbocycles. The molecule has 0 radical (unpaired) electrons. The van der Waals surface area contributed by atoms with E-state index in [9.17, 15) is 5.11 Å². The Bertz CT molecular complexity index is 500. The largest absolute Gasteiger partial charge is 0.455 e. The summed E-state index contributed by atoms with van der Waals surface area (Å²) in [7, 11) is 0. The van der Waals surface area contributed by atoms with Gasteiger partial charge >= 0.3 is 0 Å². The van der Waals surface area contributed by atoms with E-state index in [-0.39, 0.29) is 13.2 Å². The summed E-state index contributed by atoms with van der Waals surface area (Å²) in [6.45, 7) is 2.44. The van der Waals surface area contributed by atoms with E-state index in [1.807, 2.05) is 13.0 Å². The Morgan fingerprint density at radius 2 is 1.94 bits per heavy atom. The first-order valence-corrected chi connectivity index (χ1v) is 6.04. The molecule has 0 atom stereocenters. The molecule has 0 spiro atoms. The molecule has 0 amide bonds. The second-order valence-corrected chi connectivity index (χ2v) is 5.02. The molecule has 1 saturated heterocycles. The standard InChI is InChI=1S/C13H13ClO4/c1-8-4-9(14)5-10(13(15)6-16-7-13)11(8)12-17-2-3-18-12/h2-5,12,15H,6-7H2,1H3. The van der Waals surface area contributed by atoms with Crippen LogP contribution < -0.4 is 0 Å². The van der Waals surface area contributed by atoms with Gasteiger partial charge < -0.3 is 19.3 Å². The van der Waals surface area contributed by atoms with Crippen LogP contribution in [-0.4, -0.2) is 18.3 Å². The van der Waals surface area contributed by atoms with Crippen LogP contribution in [0, 0.1) is 6.92 Å². The fourth-order valence-corrected chi connectivity index (χ4v) is 2.55. The van der Waals surface area contributed by atoms with Gasteiger partial charge in [0, 0.05) is 16.1 Å². The van der Waals surface area contributed by atoms with E-state index in [0.717, 1.165) is 11.1 Å². The molecule has 0 aromatic heterocycles. The average molecular weight is 269 g/mol. The smallest absolute Gasteiger partial charge is 0.266 e. The van der Waals surface area contributed by atoms with Gasteiger partial charge in [-0.15, -0.1) is 0 Å². The molecule has 4 nitrogen and oxygen atoms in total. The SMILES string of the molecule is Cc1cc(Cl)cc(C2(O)COC2)c1C1OC=CO1.